The van der Waals surface area contributed by atoms with E-state index in [2.05, 4.69) is 5.32 Å². The molecule has 0 bridgehead atoms. The van der Waals surface area contributed by atoms with E-state index in [0.29, 0.717) is 11.1 Å². The van der Waals surface area contributed by atoms with Gasteiger partial charge in [-0.25, -0.2) is 13.6 Å². The Morgan fingerprint density at radius 1 is 1.41 bits per heavy atom. The molecule has 0 spiro atoms. The van der Waals surface area contributed by atoms with Gasteiger partial charge < -0.3 is 5.32 Å². The molecular formula is C11H14N2O3S. The Morgan fingerprint density at radius 3 is 2.53 bits per heavy atom. The highest BCUT2D eigenvalue weighted by Crippen LogP contribution is 2.20. The molecule has 0 aromatic heterocycles. The second-order valence-electron chi connectivity index (χ2n) is 4.27. The van der Waals surface area contributed by atoms with Crippen LogP contribution in [0.25, 0.3) is 0 Å². The summed E-state index contributed by atoms with van der Waals surface area (Å²) in [5.41, 5.74) is 1.10. The fraction of sp³-hybridized carbons (Fsp3) is 0.364. The molecule has 0 saturated heterocycles. The summed E-state index contributed by atoms with van der Waals surface area (Å²) < 4.78 is 22.3. The molecule has 1 aliphatic carbocycles. The van der Waals surface area contributed by atoms with Crippen LogP contribution < -0.4 is 10.5 Å². The standard InChI is InChI=1S/C11H14N2O3S/c1-7-6-9(17(12,15)16)4-5-10(7)11(14)13-8-2-3-8/h4-6,8H,2-3H2,1H3,(H,13,14)(H2,12,15,16). The first-order valence-electron chi connectivity index (χ1n) is 5.32. The number of nitrogens with two attached hydrogens (primary N) is 1. The summed E-state index contributed by atoms with van der Waals surface area (Å²) in [7, 11) is -3.71. The Labute approximate surface area is 100 Å². The lowest BCUT2D eigenvalue weighted by Gasteiger charge is -2.07. The third-order valence-corrected chi connectivity index (χ3v) is 3.59. The summed E-state index contributed by atoms with van der Waals surface area (Å²) in [4.78, 5) is 11.8. The number of carbonyl (C=O) groups excluding carboxylic acids is 1. The maximum Gasteiger partial charge on any atom is 0.251 e. The molecule has 1 aliphatic rings. The van der Waals surface area contributed by atoms with Crippen LogP contribution in [0.2, 0.25) is 0 Å². The molecule has 3 N–H and O–H groups in total. The van der Waals surface area contributed by atoms with E-state index < -0.39 is 10.0 Å². The monoisotopic (exact) mass is 254 g/mol. The Hall–Kier alpha value is -1.40. The lowest BCUT2D eigenvalue weighted by molar-refractivity contribution is 0.0950. The van der Waals surface area contributed by atoms with Crippen molar-refractivity contribution >= 4 is 15.9 Å². The van der Waals surface area contributed by atoms with Crippen LogP contribution in [0.15, 0.2) is 23.1 Å². The van der Waals surface area contributed by atoms with Gasteiger partial charge >= 0.3 is 0 Å². The average molecular weight is 254 g/mol. The minimum atomic E-state index is -3.71. The van der Waals surface area contributed by atoms with E-state index in [9.17, 15) is 13.2 Å². The third kappa shape index (κ3) is 2.83. The molecule has 0 heterocycles. The smallest absolute Gasteiger partial charge is 0.251 e. The number of sulfonamides is 1. The summed E-state index contributed by atoms with van der Waals surface area (Å²) >= 11 is 0. The van der Waals surface area contributed by atoms with Crippen LogP contribution in [-0.2, 0) is 10.0 Å². The minimum Gasteiger partial charge on any atom is -0.349 e. The number of amides is 1. The highest BCUT2D eigenvalue weighted by atomic mass is 32.2. The zero-order valence-corrected chi connectivity index (χ0v) is 10.3. The van der Waals surface area contributed by atoms with Gasteiger partial charge in [-0.05, 0) is 43.5 Å². The van der Waals surface area contributed by atoms with Crippen molar-refractivity contribution in [2.24, 2.45) is 5.14 Å². The quantitative estimate of drug-likeness (QED) is 0.824. The van der Waals surface area contributed by atoms with Crippen molar-refractivity contribution in [3.05, 3.63) is 29.3 Å². The van der Waals surface area contributed by atoms with Crippen molar-refractivity contribution in [1.82, 2.24) is 5.32 Å². The molecule has 0 radical (unpaired) electrons. The lowest BCUT2D eigenvalue weighted by atomic mass is 10.1. The van der Waals surface area contributed by atoms with Crippen LogP contribution in [0.5, 0.6) is 0 Å². The highest BCUT2D eigenvalue weighted by molar-refractivity contribution is 7.89. The number of benzene rings is 1. The Balaban J connectivity index is 2.27. The van der Waals surface area contributed by atoms with Crippen LogP contribution in [0.4, 0.5) is 0 Å². The van der Waals surface area contributed by atoms with Crippen molar-refractivity contribution in [2.75, 3.05) is 0 Å². The normalized spacial score (nSPS) is 15.6. The third-order valence-electron chi connectivity index (χ3n) is 2.68. The van der Waals surface area contributed by atoms with Gasteiger partial charge in [0.15, 0.2) is 0 Å². The number of nitrogens with one attached hydrogen (secondary N) is 1. The Kier molecular flexibility index (Phi) is 2.92. The highest BCUT2D eigenvalue weighted by Gasteiger charge is 2.24. The first kappa shape index (κ1) is 12.1. The van der Waals surface area contributed by atoms with E-state index >= 15 is 0 Å². The predicted octanol–water partition coefficient (Wildman–Crippen LogP) is 0.535. The molecule has 1 saturated carbocycles. The molecule has 1 aromatic carbocycles. The van der Waals surface area contributed by atoms with Gasteiger partial charge in [0.25, 0.3) is 5.91 Å². The molecule has 92 valence electrons. The number of hydrogen-bond donors (Lipinski definition) is 2. The van der Waals surface area contributed by atoms with Crippen molar-refractivity contribution < 1.29 is 13.2 Å². The molecule has 5 nitrogen and oxygen atoms in total. The van der Waals surface area contributed by atoms with Gasteiger partial charge in [-0.3, -0.25) is 4.79 Å². The molecule has 0 aliphatic heterocycles. The van der Waals surface area contributed by atoms with Gasteiger partial charge in [-0.1, -0.05) is 0 Å². The average Bonchev–Trinajstić information content (AvgIpc) is 2.99. The van der Waals surface area contributed by atoms with Gasteiger partial charge in [0.2, 0.25) is 10.0 Å². The number of carbonyl (C=O) groups is 1. The first-order chi connectivity index (χ1) is 7.88. The summed E-state index contributed by atoms with van der Waals surface area (Å²) in [6.45, 7) is 1.69. The molecule has 6 heteroatoms. The second kappa shape index (κ2) is 4.12. The molecular weight excluding hydrogens is 240 g/mol. The van der Waals surface area contributed by atoms with Gasteiger partial charge in [0, 0.05) is 11.6 Å². The fourth-order valence-electron chi connectivity index (χ4n) is 1.56. The zero-order valence-electron chi connectivity index (χ0n) is 9.43. The van der Waals surface area contributed by atoms with Crippen molar-refractivity contribution in [1.29, 1.82) is 0 Å². The Morgan fingerprint density at radius 2 is 2.06 bits per heavy atom. The van der Waals surface area contributed by atoms with Crippen molar-refractivity contribution in [3.8, 4) is 0 Å². The zero-order chi connectivity index (χ0) is 12.6. The topological polar surface area (TPSA) is 89.3 Å². The Bertz CT molecular complexity index is 562. The molecule has 17 heavy (non-hydrogen) atoms. The lowest BCUT2D eigenvalue weighted by Crippen LogP contribution is -2.26. The number of primary sulfonamides is 1. The SMILES string of the molecule is Cc1cc(S(N)(=O)=O)ccc1C(=O)NC1CC1. The number of hydrogen-bond acceptors (Lipinski definition) is 3. The van der Waals surface area contributed by atoms with E-state index in [-0.39, 0.29) is 16.8 Å². The molecule has 1 amide bonds. The van der Waals surface area contributed by atoms with Crippen LogP contribution >= 0.6 is 0 Å². The van der Waals surface area contributed by atoms with E-state index in [1.165, 1.54) is 18.2 Å². The number of rotatable bonds is 3. The molecule has 1 fully saturated rings. The fourth-order valence-corrected chi connectivity index (χ4v) is 2.16. The van der Waals surface area contributed by atoms with E-state index in [1.54, 1.807) is 6.92 Å². The molecule has 0 atom stereocenters. The van der Waals surface area contributed by atoms with Gasteiger partial charge in [-0.15, -0.1) is 0 Å². The summed E-state index contributed by atoms with van der Waals surface area (Å²) in [6.07, 6.45) is 2.03. The van der Waals surface area contributed by atoms with E-state index in [4.69, 9.17) is 5.14 Å². The van der Waals surface area contributed by atoms with Crippen LogP contribution in [0.1, 0.15) is 28.8 Å². The van der Waals surface area contributed by atoms with Crippen LogP contribution in [0, 0.1) is 6.92 Å². The predicted molar refractivity (Wildman–Crippen MR) is 63.0 cm³/mol. The molecule has 1 aromatic rings. The van der Waals surface area contributed by atoms with Gasteiger partial charge in [0.05, 0.1) is 4.90 Å². The maximum absolute atomic E-state index is 11.8. The van der Waals surface area contributed by atoms with Crippen molar-refractivity contribution in [3.63, 3.8) is 0 Å². The second-order valence-corrected chi connectivity index (χ2v) is 5.83. The first-order valence-corrected chi connectivity index (χ1v) is 6.87. The maximum atomic E-state index is 11.8. The largest absolute Gasteiger partial charge is 0.349 e. The molecule has 2 rings (SSSR count). The van der Waals surface area contributed by atoms with E-state index in [1.807, 2.05) is 0 Å². The van der Waals surface area contributed by atoms with Crippen LogP contribution in [-0.4, -0.2) is 20.4 Å². The van der Waals surface area contributed by atoms with Gasteiger partial charge in [0.1, 0.15) is 0 Å². The van der Waals surface area contributed by atoms with E-state index in [0.717, 1.165) is 12.8 Å². The van der Waals surface area contributed by atoms with Crippen molar-refractivity contribution in [2.45, 2.75) is 30.7 Å². The summed E-state index contributed by atoms with van der Waals surface area (Å²) in [5.74, 6) is -0.161. The minimum absolute atomic E-state index is 0.0259. The summed E-state index contributed by atoms with van der Waals surface area (Å²) in [6, 6.07) is 4.54. The van der Waals surface area contributed by atoms with Crippen LogP contribution in [0.3, 0.4) is 0 Å². The van der Waals surface area contributed by atoms with Gasteiger partial charge in [-0.2, -0.15) is 0 Å². The summed E-state index contributed by atoms with van der Waals surface area (Å²) in [5, 5.41) is 7.86. The number of aryl methyl sites for hydroxylation is 1. The molecule has 0 unspecified atom stereocenters.